The number of hydrogen-bond acceptors (Lipinski definition) is 0. The van der Waals surface area contributed by atoms with Crippen LogP contribution in [0.15, 0.2) is 0 Å². The fourth-order valence-corrected chi connectivity index (χ4v) is 10.6. The molecule has 0 aliphatic heterocycles. The van der Waals surface area contributed by atoms with E-state index < -0.39 is 24.6 Å². The molecule has 0 bridgehead atoms. The molecule has 7 heavy (non-hydrogen) atoms. The molecular formula is C2H2Cl4Hg. The Morgan fingerprint density at radius 2 is 1.14 bits per heavy atom. The van der Waals surface area contributed by atoms with Gasteiger partial charge in [-0.05, 0) is 0 Å². The Balaban J connectivity index is 2.95. The maximum absolute atomic E-state index is 5.37. The van der Waals surface area contributed by atoms with Crippen molar-refractivity contribution in [3.8, 4) is 0 Å². The fourth-order valence-electron chi connectivity index (χ4n) is 0.135. The second-order valence-electron chi connectivity index (χ2n) is 1.02. The molecule has 0 rings (SSSR count). The first-order chi connectivity index (χ1) is 3.13. The molecule has 0 amide bonds. The molecule has 0 N–H and O–H groups in total. The topological polar surface area (TPSA) is 0 Å². The van der Waals surface area contributed by atoms with Gasteiger partial charge in [-0.15, -0.1) is 0 Å². The summed E-state index contributed by atoms with van der Waals surface area (Å²) in [7, 11) is 0. The van der Waals surface area contributed by atoms with Crippen molar-refractivity contribution in [1.82, 2.24) is 0 Å². The third-order valence-electron chi connectivity index (χ3n) is 0.356. The number of hydrogen-bond donors (Lipinski definition) is 0. The van der Waals surface area contributed by atoms with Gasteiger partial charge in [0.15, 0.2) is 0 Å². The van der Waals surface area contributed by atoms with Gasteiger partial charge in [-0.1, -0.05) is 0 Å². The standard InChI is InChI=1S/2CHCl2.Hg/c2*2-1-3;/h2*1H;. The Morgan fingerprint density at radius 3 is 1.14 bits per heavy atom. The van der Waals surface area contributed by atoms with Crippen LogP contribution in [0.3, 0.4) is 0 Å². The van der Waals surface area contributed by atoms with Gasteiger partial charge in [-0.3, -0.25) is 0 Å². The normalized spacial score (nSPS) is 10.0. The van der Waals surface area contributed by atoms with Crippen LogP contribution in [-0.4, -0.2) is 4.69 Å². The average molecular weight is 368 g/mol. The van der Waals surface area contributed by atoms with E-state index in [0.29, 0.717) is 0 Å². The molecule has 0 spiro atoms. The van der Waals surface area contributed by atoms with Crippen LogP contribution >= 0.6 is 46.4 Å². The van der Waals surface area contributed by atoms with Gasteiger partial charge in [0.1, 0.15) is 0 Å². The summed E-state index contributed by atoms with van der Waals surface area (Å²) >= 11 is 20.2. The summed E-state index contributed by atoms with van der Waals surface area (Å²) in [6.45, 7) is 0. The van der Waals surface area contributed by atoms with E-state index in [1.165, 1.54) is 0 Å². The van der Waals surface area contributed by atoms with Crippen LogP contribution in [0.4, 0.5) is 0 Å². The molecule has 0 aromatic carbocycles. The zero-order valence-corrected chi connectivity index (χ0v) is 11.9. The number of halogens is 4. The van der Waals surface area contributed by atoms with Gasteiger partial charge >= 0.3 is 75.7 Å². The predicted octanol–water partition coefficient (Wildman–Crippen LogP) is 2.59. The summed E-state index contributed by atoms with van der Waals surface area (Å²) in [6, 6.07) is 0. The molecule has 5 heteroatoms. The Labute approximate surface area is 74.9 Å². The van der Waals surface area contributed by atoms with Crippen LogP contribution in [0.2, 0.25) is 0 Å². The zero-order chi connectivity index (χ0) is 5.86. The Kier molecular flexibility index (Phi) is 6.40. The van der Waals surface area contributed by atoms with Crippen molar-refractivity contribution in [1.29, 1.82) is 0 Å². The molecule has 0 heterocycles. The van der Waals surface area contributed by atoms with E-state index in [1.54, 1.807) is 0 Å². The molecule has 0 aromatic heterocycles. The van der Waals surface area contributed by atoms with Gasteiger partial charge in [0.05, 0.1) is 0 Å². The molecule has 0 saturated carbocycles. The second-order valence-corrected chi connectivity index (χ2v) is 19.8. The molecule has 0 nitrogen and oxygen atoms in total. The van der Waals surface area contributed by atoms with Crippen LogP contribution < -0.4 is 0 Å². The van der Waals surface area contributed by atoms with Gasteiger partial charge in [0.25, 0.3) is 0 Å². The SMILES string of the molecule is Cl[CH](Cl)[Hg][CH](Cl)Cl. The van der Waals surface area contributed by atoms with Crippen molar-refractivity contribution >= 4 is 46.4 Å². The molecule has 0 aromatic rings. The van der Waals surface area contributed by atoms with E-state index >= 15 is 0 Å². The van der Waals surface area contributed by atoms with Gasteiger partial charge in [-0.2, -0.15) is 0 Å². The average Bonchev–Trinajstić information content (AvgIpc) is 1.27. The van der Waals surface area contributed by atoms with Gasteiger partial charge in [-0.25, -0.2) is 0 Å². The van der Waals surface area contributed by atoms with Gasteiger partial charge in [0, 0.05) is 0 Å². The minimum atomic E-state index is -1.31. The first kappa shape index (κ1) is 9.10. The quantitative estimate of drug-likeness (QED) is 0.519. The van der Waals surface area contributed by atoms with E-state index in [9.17, 15) is 0 Å². The third-order valence-corrected chi connectivity index (χ3v) is 9.38. The molecule has 0 saturated heterocycles. The number of rotatable bonds is 2. The van der Waals surface area contributed by atoms with E-state index in [0.717, 1.165) is 0 Å². The Morgan fingerprint density at radius 1 is 0.857 bits per heavy atom. The molecule has 0 aliphatic carbocycles. The maximum atomic E-state index is 5.37. The van der Waals surface area contributed by atoms with Gasteiger partial charge < -0.3 is 0 Å². The van der Waals surface area contributed by atoms with Crippen molar-refractivity contribution in [2.75, 3.05) is 0 Å². The molecule has 0 radical (unpaired) electrons. The van der Waals surface area contributed by atoms with Crippen LogP contribution in [-0.2, 0) is 24.6 Å². The van der Waals surface area contributed by atoms with Crippen molar-refractivity contribution < 1.29 is 24.6 Å². The first-order valence-electron chi connectivity index (χ1n) is 1.69. The number of alkyl halides is 4. The summed E-state index contributed by atoms with van der Waals surface area (Å²) < 4.78 is -0.444. The molecule has 0 unspecified atom stereocenters. The van der Waals surface area contributed by atoms with Crippen molar-refractivity contribution in [3.05, 3.63) is 0 Å². The first-order valence-corrected chi connectivity index (χ1v) is 9.78. The second kappa shape index (κ2) is 4.93. The van der Waals surface area contributed by atoms with Crippen molar-refractivity contribution in [3.63, 3.8) is 0 Å². The van der Waals surface area contributed by atoms with Crippen LogP contribution in [0.1, 0.15) is 0 Å². The summed E-state index contributed by atoms with van der Waals surface area (Å²) in [6.07, 6.45) is 0. The Hall–Kier alpha value is 2.10. The predicted molar refractivity (Wildman–Crippen MR) is 31.0 cm³/mol. The van der Waals surface area contributed by atoms with Crippen molar-refractivity contribution in [2.24, 2.45) is 0 Å². The third kappa shape index (κ3) is 8.10. The monoisotopic (exact) mass is 368 g/mol. The summed E-state index contributed by atoms with van der Waals surface area (Å²) in [5.74, 6) is 0. The fraction of sp³-hybridized carbons (Fsp3) is 1.00. The molecule has 0 fully saturated rings. The van der Waals surface area contributed by atoms with Gasteiger partial charge in [0.2, 0.25) is 0 Å². The Bertz CT molecular complexity index is 39.0. The van der Waals surface area contributed by atoms with E-state index in [-0.39, 0.29) is 4.69 Å². The zero-order valence-electron chi connectivity index (χ0n) is 3.37. The van der Waals surface area contributed by atoms with E-state index in [1.807, 2.05) is 0 Å². The van der Waals surface area contributed by atoms with Crippen molar-refractivity contribution in [2.45, 2.75) is 4.69 Å². The molecule has 0 atom stereocenters. The van der Waals surface area contributed by atoms with Crippen LogP contribution in [0.25, 0.3) is 0 Å². The minimum absolute atomic E-state index is 0.222. The molecular weight excluding hydrogens is 366 g/mol. The summed E-state index contributed by atoms with van der Waals surface area (Å²) in [5, 5.41) is 0. The molecule has 40 valence electrons. The summed E-state index contributed by atoms with van der Waals surface area (Å²) in [4.78, 5) is 0. The molecule has 0 aliphatic rings. The summed E-state index contributed by atoms with van der Waals surface area (Å²) in [5.41, 5.74) is 0. The van der Waals surface area contributed by atoms with E-state index in [2.05, 4.69) is 0 Å². The van der Waals surface area contributed by atoms with Crippen LogP contribution in [0.5, 0.6) is 0 Å². The van der Waals surface area contributed by atoms with E-state index in [4.69, 9.17) is 46.4 Å². The van der Waals surface area contributed by atoms with Crippen LogP contribution in [0, 0.1) is 0 Å².